The lowest BCUT2D eigenvalue weighted by Crippen LogP contribution is -2.39. The van der Waals surface area contributed by atoms with Gasteiger partial charge in [-0.2, -0.15) is 0 Å². The van der Waals surface area contributed by atoms with Crippen molar-refractivity contribution in [1.29, 1.82) is 0 Å². The van der Waals surface area contributed by atoms with Gasteiger partial charge in [-0.3, -0.25) is 4.79 Å². The molecule has 1 aliphatic rings. The van der Waals surface area contributed by atoms with Crippen molar-refractivity contribution in [3.63, 3.8) is 0 Å². The minimum absolute atomic E-state index is 0.0534. The van der Waals surface area contributed by atoms with Crippen LogP contribution < -0.4 is 0 Å². The van der Waals surface area contributed by atoms with Gasteiger partial charge in [0.1, 0.15) is 10.6 Å². The van der Waals surface area contributed by atoms with E-state index in [1.54, 1.807) is 6.07 Å². The highest BCUT2D eigenvalue weighted by atomic mass is 32.1. The van der Waals surface area contributed by atoms with Gasteiger partial charge in [-0.15, -0.1) is 5.10 Å². The average molecular weight is 386 g/mol. The summed E-state index contributed by atoms with van der Waals surface area (Å²) in [5, 5.41) is 8.30. The number of carbonyl (C=O) groups excluding carboxylic acids is 1. The summed E-state index contributed by atoms with van der Waals surface area (Å²) >= 11 is 1.31. The summed E-state index contributed by atoms with van der Waals surface area (Å²) < 4.78 is 15.2. The van der Waals surface area contributed by atoms with Crippen LogP contribution in [0.25, 0.3) is 10.6 Å². The fourth-order valence-corrected chi connectivity index (χ4v) is 4.22. The van der Waals surface area contributed by atoms with Gasteiger partial charge < -0.3 is 13.8 Å². The van der Waals surface area contributed by atoms with E-state index >= 15 is 0 Å². The van der Waals surface area contributed by atoms with Crippen LogP contribution >= 0.6 is 11.5 Å². The van der Waals surface area contributed by atoms with Crippen LogP contribution in [-0.2, 0) is 6.42 Å². The van der Waals surface area contributed by atoms with Gasteiger partial charge >= 0.3 is 0 Å². The molecule has 1 atom stereocenters. The molecule has 1 saturated heterocycles. The second-order valence-electron chi connectivity index (χ2n) is 6.93. The van der Waals surface area contributed by atoms with Gasteiger partial charge in [-0.1, -0.05) is 16.6 Å². The Hall–Kier alpha value is -2.48. The third kappa shape index (κ3) is 3.66. The number of carbonyl (C=O) groups is 1. The zero-order chi connectivity index (χ0) is 18.8. The van der Waals surface area contributed by atoms with Gasteiger partial charge in [0.05, 0.1) is 11.4 Å². The standard InChI is InChI=1S/C19H22N4O3S/c1-3-5-14-7-8-15(25-14)19(24)23-9-4-6-13(11-23)17-18(27-22-20-17)16-10-12(2)21-26-16/h7-8,10,13H,3-6,9,11H2,1-2H3/t13-/m1/s1. The molecule has 0 bridgehead atoms. The van der Waals surface area contributed by atoms with Gasteiger partial charge in [0.2, 0.25) is 0 Å². The largest absolute Gasteiger partial charge is 0.456 e. The number of aryl methyl sites for hydroxylation is 2. The van der Waals surface area contributed by atoms with E-state index < -0.39 is 0 Å². The molecule has 1 aliphatic heterocycles. The van der Waals surface area contributed by atoms with E-state index in [1.807, 2.05) is 24.0 Å². The molecule has 1 amide bonds. The van der Waals surface area contributed by atoms with E-state index in [4.69, 9.17) is 8.94 Å². The van der Waals surface area contributed by atoms with Gasteiger partial charge in [-0.05, 0) is 49.9 Å². The molecule has 1 fully saturated rings. The maximum Gasteiger partial charge on any atom is 0.289 e. The number of rotatable bonds is 5. The summed E-state index contributed by atoms with van der Waals surface area (Å²) in [7, 11) is 0. The molecule has 142 valence electrons. The van der Waals surface area contributed by atoms with Gasteiger partial charge in [0, 0.05) is 31.5 Å². The van der Waals surface area contributed by atoms with Crippen molar-refractivity contribution in [3.8, 4) is 10.6 Å². The third-order valence-corrected chi connectivity index (χ3v) is 5.59. The molecule has 4 heterocycles. The highest BCUT2D eigenvalue weighted by Gasteiger charge is 2.31. The van der Waals surface area contributed by atoms with Crippen LogP contribution in [0, 0.1) is 6.92 Å². The monoisotopic (exact) mass is 386 g/mol. The van der Waals surface area contributed by atoms with Crippen molar-refractivity contribution in [3.05, 3.63) is 41.1 Å². The number of aromatic nitrogens is 3. The fraction of sp³-hybridized carbons (Fsp3) is 0.474. The van der Waals surface area contributed by atoms with Crippen molar-refractivity contribution in [2.24, 2.45) is 0 Å². The van der Waals surface area contributed by atoms with Crippen molar-refractivity contribution in [1.82, 2.24) is 19.6 Å². The number of hydrogen-bond donors (Lipinski definition) is 0. The lowest BCUT2D eigenvalue weighted by molar-refractivity contribution is 0.0672. The molecule has 8 heteroatoms. The first-order chi connectivity index (χ1) is 13.2. The van der Waals surface area contributed by atoms with E-state index in [0.29, 0.717) is 18.1 Å². The van der Waals surface area contributed by atoms with Crippen LogP contribution in [-0.4, -0.2) is 38.6 Å². The van der Waals surface area contributed by atoms with Crippen LogP contribution in [0.1, 0.15) is 59.8 Å². The highest BCUT2D eigenvalue weighted by Crippen LogP contribution is 2.35. The van der Waals surface area contributed by atoms with E-state index in [9.17, 15) is 4.79 Å². The minimum atomic E-state index is -0.0534. The molecule has 0 saturated carbocycles. The maximum absolute atomic E-state index is 12.9. The molecule has 3 aromatic rings. The fourth-order valence-electron chi connectivity index (χ4n) is 3.52. The Labute approximate surface area is 161 Å². The van der Waals surface area contributed by atoms with Gasteiger partial charge in [-0.25, -0.2) is 0 Å². The second-order valence-corrected chi connectivity index (χ2v) is 7.68. The van der Waals surface area contributed by atoms with Crippen LogP contribution in [0.2, 0.25) is 0 Å². The van der Waals surface area contributed by atoms with Crippen molar-refractivity contribution >= 4 is 17.4 Å². The summed E-state index contributed by atoms with van der Waals surface area (Å²) in [6.07, 6.45) is 3.73. The Balaban J connectivity index is 1.52. The van der Waals surface area contributed by atoms with Crippen LogP contribution in [0.3, 0.4) is 0 Å². The highest BCUT2D eigenvalue weighted by molar-refractivity contribution is 7.09. The van der Waals surface area contributed by atoms with E-state index in [-0.39, 0.29) is 11.8 Å². The topological polar surface area (TPSA) is 85.3 Å². The number of piperidine rings is 1. The molecule has 0 radical (unpaired) electrons. The number of nitrogens with zero attached hydrogens (tertiary/aromatic N) is 4. The Morgan fingerprint density at radius 3 is 3.07 bits per heavy atom. The van der Waals surface area contributed by atoms with Crippen LogP contribution in [0.15, 0.2) is 27.1 Å². The molecule has 0 aromatic carbocycles. The summed E-state index contributed by atoms with van der Waals surface area (Å²) in [5.41, 5.74) is 1.71. The normalized spacial score (nSPS) is 17.4. The minimum Gasteiger partial charge on any atom is -0.456 e. The molecular weight excluding hydrogens is 364 g/mol. The molecule has 0 N–H and O–H groups in total. The van der Waals surface area contributed by atoms with E-state index in [2.05, 4.69) is 21.7 Å². The number of hydrogen-bond acceptors (Lipinski definition) is 7. The number of furan rings is 1. The third-order valence-electron chi connectivity index (χ3n) is 4.83. The molecular formula is C19H22N4O3S. The zero-order valence-corrected chi connectivity index (χ0v) is 16.3. The molecule has 0 unspecified atom stereocenters. The Bertz CT molecular complexity index is 929. The Morgan fingerprint density at radius 1 is 1.41 bits per heavy atom. The smallest absolute Gasteiger partial charge is 0.289 e. The second kappa shape index (κ2) is 7.64. The van der Waals surface area contributed by atoms with Gasteiger partial charge in [0.15, 0.2) is 11.5 Å². The molecule has 27 heavy (non-hydrogen) atoms. The number of likely N-dealkylation sites (tertiary alicyclic amines) is 1. The SMILES string of the molecule is CCCc1ccc(C(=O)N2CCC[C@@H](c3nnsc3-c3cc(C)no3)C2)o1. The van der Waals surface area contributed by atoms with Crippen LogP contribution in [0.4, 0.5) is 0 Å². The van der Waals surface area contributed by atoms with E-state index in [1.165, 1.54) is 11.5 Å². The Kier molecular flexibility index (Phi) is 5.07. The van der Waals surface area contributed by atoms with E-state index in [0.717, 1.165) is 54.3 Å². The maximum atomic E-state index is 12.9. The predicted octanol–water partition coefficient (Wildman–Crippen LogP) is 4.07. The molecule has 4 rings (SSSR count). The summed E-state index contributed by atoms with van der Waals surface area (Å²) in [4.78, 5) is 15.6. The molecule has 7 nitrogen and oxygen atoms in total. The average Bonchev–Trinajstić information content (AvgIpc) is 3.41. The Morgan fingerprint density at radius 2 is 2.30 bits per heavy atom. The molecule has 3 aromatic heterocycles. The lowest BCUT2D eigenvalue weighted by atomic mass is 9.93. The van der Waals surface area contributed by atoms with Crippen molar-refractivity contribution in [2.75, 3.05) is 13.1 Å². The first kappa shape index (κ1) is 17.9. The quantitative estimate of drug-likeness (QED) is 0.657. The predicted molar refractivity (Wildman–Crippen MR) is 101 cm³/mol. The zero-order valence-electron chi connectivity index (χ0n) is 15.5. The number of amides is 1. The van der Waals surface area contributed by atoms with Crippen LogP contribution in [0.5, 0.6) is 0 Å². The lowest BCUT2D eigenvalue weighted by Gasteiger charge is -2.31. The summed E-state index contributed by atoms with van der Waals surface area (Å²) in [6, 6.07) is 5.57. The summed E-state index contributed by atoms with van der Waals surface area (Å²) in [5.74, 6) is 2.05. The molecule has 0 spiro atoms. The van der Waals surface area contributed by atoms with Crippen molar-refractivity contribution in [2.45, 2.75) is 45.4 Å². The van der Waals surface area contributed by atoms with Crippen molar-refractivity contribution < 1.29 is 13.7 Å². The van der Waals surface area contributed by atoms with Gasteiger partial charge in [0.25, 0.3) is 5.91 Å². The first-order valence-corrected chi connectivity index (χ1v) is 10.1. The molecule has 0 aliphatic carbocycles. The summed E-state index contributed by atoms with van der Waals surface area (Å²) in [6.45, 7) is 5.31. The first-order valence-electron chi connectivity index (χ1n) is 9.29.